The number of aromatic nitrogens is 2. The van der Waals surface area contributed by atoms with E-state index in [1.807, 2.05) is 0 Å². The average Bonchev–Trinajstić information content (AvgIpc) is 3.45. The second kappa shape index (κ2) is 9.23. The van der Waals surface area contributed by atoms with Crippen LogP contribution in [0.2, 0.25) is 0 Å². The Morgan fingerprint density at radius 3 is 2.53 bits per heavy atom. The van der Waals surface area contributed by atoms with Gasteiger partial charge in [-0.2, -0.15) is 9.29 Å². The number of hydrogen-bond acceptors (Lipinski definition) is 7. The van der Waals surface area contributed by atoms with Crippen molar-refractivity contribution in [3.8, 4) is 11.4 Å². The molecule has 1 aliphatic carbocycles. The predicted molar refractivity (Wildman–Crippen MR) is 108 cm³/mol. The van der Waals surface area contributed by atoms with Crippen molar-refractivity contribution in [3.63, 3.8) is 0 Å². The van der Waals surface area contributed by atoms with Crippen molar-refractivity contribution in [2.75, 3.05) is 26.3 Å². The number of ether oxygens (including phenoxy) is 1. The average molecular weight is 435 g/mol. The summed E-state index contributed by atoms with van der Waals surface area (Å²) < 4.78 is 37.3. The molecule has 30 heavy (non-hydrogen) atoms. The number of aryl methyl sites for hydroxylation is 1. The number of rotatable bonds is 7. The molecule has 10 heteroatoms. The zero-order valence-electron chi connectivity index (χ0n) is 16.7. The van der Waals surface area contributed by atoms with E-state index in [0.717, 1.165) is 12.8 Å². The smallest absolute Gasteiger partial charge is 0.243 e. The van der Waals surface area contributed by atoms with E-state index in [-0.39, 0.29) is 10.8 Å². The lowest BCUT2D eigenvalue weighted by atomic mass is 10.2. The van der Waals surface area contributed by atoms with Crippen molar-refractivity contribution >= 4 is 15.9 Å². The standard InChI is InChI=1S/C20H26N4O5S/c25-18(21-16-3-1-2-4-16)9-10-19-22-20(23-29-19)15-5-7-17(8-6-15)30(26,27)24-11-13-28-14-12-24/h5-8,16H,1-4,9-14H2,(H,21,25). The number of morpholine rings is 1. The molecule has 1 aromatic carbocycles. The highest BCUT2D eigenvalue weighted by molar-refractivity contribution is 7.89. The van der Waals surface area contributed by atoms with Crippen LogP contribution in [0.5, 0.6) is 0 Å². The summed E-state index contributed by atoms with van der Waals surface area (Å²) in [6.45, 7) is 1.52. The van der Waals surface area contributed by atoms with Gasteiger partial charge in [0.15, 0.2) is 0 Å². The number of sulfonamides is 1. The first-order valence-electron chi connectivity index (χ1n) is 10.3. The van der Waals surface area contributed by atoms with Crippen LogP contribution in [0.15, 0.2) is 33.7 Å². The summed E-state index contributed by atoms with van der Waals surface area (Å²) in [6, 6.07) is 6.71. The van der Waals surface area contributed by atoms with Gasteiger partial charge in [-0.3, -0.25) is 4.79 Å². The molecule has 0 bridgehead atoms. The van der Waals surface area contributed by atoms with Gasteiger partial charge in [0.2, 0.25) is 27.6 Å². The zero-order chi connectivity index (χ0) is 21.0. The molecule has 1 aliphatic heterocycles. The minimum absolute atomic E-state index is 0.000628. The third-order valence-electron chi connectivity index (χ3n) is 5.47. The number of carbonyl (C=O) groups excluding carboxylic acids is 1. The molecule has 4 rings (SSSR count). The minimum Gasteiger partial charge on any atom is -0.379 e. The van der Waals surface area contributed by atoms with Gasteiger partial charge in [-0.15, -0.1) is 0 Å². The molecule has 1 amide bonds. The minimum atomic E-state index is -3.54. The van der Waals surface area contributed by atoms with E-state index in [0.29, 0.717) is 62.5 Å². The van der Waals surface area contributed by atoms with E-state index in [1.165, 1.54) is 17.1 Å². The highest BCUT2D eigenvalue weighted by Gasteiger charge is 2.26. The van der Waals surface area contributed by atoms with Crippen LogP contribution >= 0.6 is 0 Å². The van der Waals surface area contributed by atoms with Gasteiger partial charge in [-0.25, -0.2) is 8.42 Å². The second-order valence-corrected chi connectivity index (χ2v) is 9.54. The molecule has 1 saturated carbocycles. The van der Waals surface area contributed by atoms with Crippen LogP contribution in [0.4, 0.5) is 0 Å². The molecule has 0 spiro atoms. The quantitative estimate of drug-likeness (QED) is 0.706. The Bertz CT molecular complexity index is 961. The van der Waals surface area contributed by atoms with Crippen LogP contribution in [0.3, 0.4) is 0 Å². The van der Waals surface area contributed by atoms with Crippen molar-refractivity contribution in [3.05, 3.63) is 30.2 Å². The summed E-state index contributed by atoms with van der Waals surface area (Å²) in [7, 11) is -3.54. The van der Waals surface area contributed by atoms with E-state index in [2.05, 4.69) is 15.5 Å². The molecule has 2 aromatic rings. The Hall–Kier alpha value is -2.30. The summed E-state index contributed by atoms with van der Waals surface area (Å²) in [6.07, 6.45) is 5.11. The molecule has 2 fully saturated rings. The molecule has 2 heterocycles. The van der Waals surface area contributed by atoms with Gasteiger partial charge in [0.05, 0.1) is 18.1 Å². The fourth-order valence-electron chi connectivity index (χ4n) is 3.78. The molecule has 1 saturated heterocycles. The number of benzene rings is 1. The number of nitrogens with zero attached hydrogens (tertiary/aromatic N) is 3. The molecule has 162 valence electrons. The Labute approximate surface area is 175 Å². The molecule has 0 atom stereocenters. The lowest BCUT2D eigenvalue weighted by Gasteiger charge is -2.26. The van der Waals surface area contributed by atoms with E-state index in [9.17, 15) is 13.2 Å². The molecule has 1 N–H and O–H groups in total. The van der Waals surface area contributed by atoms with Crippen molar-refractivity contribution < 1.29 is 22.5 Å². The first-order valence-corrected chi connectivity index (χ1v) is 11.8. The highest BCUT2D eigenvalue weighted by Crippen LogP contribution is 2.22. The zero-order valence-corrected chi connectivity index (χ0v) is 17.6. The van der Waals surface area contributed by atoms with Crippen LogP contribution < -0.4 is 5.32 Å². The lowest BCUT2D eigenvalue weighted by Crippen LogP contribution is -2.40. The second-order valence-electron chi connectivity index (χ2n) is 7.60. The summed E-state index contributed by atoms with van der Waals surface area (Å²) in [5, 5.41) is 6.99. The van der Waals surface area contributed by atoms with Crippen molar-refractivity contribution in [2.24, 2.45) is 0 Å². The summed E-state index contributed by atoms with van der Waals surface area (Å²) in [5.74, 6) is 0.757. The summed E-state index contributed by atoms with van der Waals surface area (Å²) >= 11 is 0. The molecule has 0 radical (unpaired) electrons. The third-order valence-corrected chi connectivity index (χ3v) is 7.39. The SMILES string of the molecule is O=C(CCc1nc(-c2ccc(S(=O)(=O)N3CCOCC3)cc2)no1)NC1CCCC1. The largest absolute Gasteiger partial charge is 0.379 e. The van der Waals surface area contributed by atoms with Gasteiger partial charge in [0.1, 0.15) is 0 Å². The van der Waals surface area contributed by atoms with Crippen molar-refractivity contribution in [2.45, 2.75) is 49.5 Å². The topological polar surface area (TPSA) is 115 Å². The van der Waals surface area contributed by atoms with Crippen LogP contribution in [-0.4, -0.2) is 61.1 Å². The molecular formula is C20H26N4O5S. The number of nitrogens with one attached hydrogen (secondary N) is 1. The Morgan fingerprint density at radius 1 is 1.13 bits per heavy atom. The molecule has 0 unspecified atom stereocenters. The Kier molecular flexibility index (Phi) is 6.45. The van der Waals surface area contributed by atoms with Crippen LogP contribution in [0.1, 0.15) is 38.0 Å². The predicted octanol–water partition coefficient (Wildman–Crippen LogP) is 1.75. The summed E-state index contributed by atoms with van der Waals surface area (Å²) in [5.41, 5.74) is 0.654. The van der Waals surface area contributed by atoms with Gasteiger partial charge >= 0.3 is 0 Å². The van der Waals surface area contributed by atoms with Gasteiger partial charge in [0, 0.05) is 37.5 Å². The van der Waals surface area contributed by atoms with E-state index < -0.39 is 10.0 Å². The van der Waals surface area contributed by atoms with Crippen LogP contribution in [0.25, 0.3) is 11.4 Å². The number of amides is 1. The maximum absolute atomic E-state index is 12.7. The van der Waals surface area contributed by atoms with Gasteiger partial charge in [-0.1, -0.05) is 18.0 Å². The molecule has 2 aliphatic rings. The monoisotopic (exact) mass is 434 g/mol. The first-order chi connectivity index (χ1) is 14.5. The van der Waals surface area contributed by atoms with Gasteiger partial charge < -0.3 is 14.6 Å². The van der Waals surface area contributed by atoms with Crippen LogP contribution in [0, 0.1) is 0 Å². The maximum atomic E-state index is 12.7. The fourth-order valence-corrected chi connectivity index (χ4v) is 5.18. The molecule has 9 nitrogen and oxygen atoms in total. The van der Waals surface area contributed by atoms with E-state index in [1.54, 1.807) is 24.3 Å². The van der Waals surface area contributed by atoms with Crippen molar-refractivity contribution in [1.82, 2.24) is 19.8 Å². The fraction of sp³-hybridized carbons (Fsp3) is 0.550. The van der Waals surface area contributed by atoms with Crippen LogP contribution in [-0.2, 0) is 26.0 Å². The number of carbonyl (C=O) groups is 1. The van der Waals surface area contributed by atoms with E-state index >= 15 is 0 Å². The highest BCUT2D eigenvalue weighted by atomic mass is 32.2. The normalized spacial score (nSPS) is 18.5. The third kappa shape index (κ3) is 4.88. The van der Waals surface area contributed by atoms with Gasteiger partial charge in [-0.05, 0) is 37.1 Å². The number of hydrogen-bond donors (Lipinski definition) is 1. The Balaban J connectivity index is 1.35. The van der Waals surface area contributed by atoms with Crippen molar-refractivity contribution in [1.29, 1.82) is 0 Å². The molecule has 1 aromatic heterocycles. The van der Waals surface area contributed by atoms with E-state index in [4.69, 9.17) is 9.26 Å². The first kappa shape index (κ1) is 21.0. The molecular weight excluding hydrogens is 408 g/mol. The Morgan fingerprint density at radius 2 is 1.83 bits per heavy atom. The maximum Gasteiger partial charge on any atom is 0.243 e. The lowest BCUT2D eigenvalue weighted by molar-refractivity contribution is -0.121. The summed E-state index contributed by atoms with van der Waals surface area (Å²) in [4.78, 5) is 16.6. The van der Waals surface area contributed by atoms with Gasteiger partial charge in [0.25, 0.3) is 0 Å².